The van der Waals surface area contributed by atoms with Crippen molar-refractivity contribution >= 4 is 5.69 Å². The number of benzene rings is 1. The average molecular weight is 286 g/mol. The molecule has 1 aromatic heterocycles. The maximum absolute atomic E-state index is 5.66. The lowest BCUT2D eigenvalue weighted by Crippen LogP contribution is -2.45. The highest BCUT2D eigenvalue weighted by Crippen LogP contribution is 2.22. The summed E-state index contributed by atoms with van der Waals surface area (Å²) in [6, 6.07) is 12.4. The lowest BCUT2D eigenvalue weighted by atomic mass is 10.2. The second kappa shape index (κ2) is 6.22. The molecule has 3 rings (SSSR count). The Morgan fingerprint density at radius 3 is 2.57 bits per heavy atom. The third kappa shape index (κ3) is 3.39. The van der Waals surface area contributed by atoms with Gasteiger partial charge in [-0.25, -0.2) is 0 Å². The van der Waals surface area contributed by atoms with E-state index in [0.29, 0.717) is 0 Å². The Morgan fingerprint density at radius 2 is 1.90 bits per heavy atom. The highest BCUT2D eigenvalue weighted by molar-refractivity contribution is 5.51. The summed E-state index contributed by atoms with van der Waals surface area (Å²) >= 11 is 0. The van der Waals surface area contributed by atoms with Crippen LogP contribution < -0.4 is 9.64 Å². The summed E-state index contributed by atoms with van der Waals surface area (Å²) in [5.41, 5.74) is 1.24. The van der Waals surface area contributed by atoms with Crippen molar-refractivity contribution in [2.24, 2.45) is 0 Å². The zero-order valence-corrected chi connectivity index (χ0v) is 12.7. The van der Waals surface area contributed by atoms with Gasteiger partial charge in [0.1, 0.15) is 17.3 Å². The molecule has 0 unspecified atom stereocenters. The van der Waals surface area contributed by atoms with Crippen molar-refractivity contribution in [2.45, 2.75) is 13.5 Å². The Balaban J connectivity index is 1.57. The van der Waals surface area contributed by atoms with E-state index in [2.05, 4.69) is 28.0 Å². The van der Waals surface area contributed by atoms with Gasteiger partial charge in [0.25, 0.3) is 0 Å². The summed E-state index contributed by atoms with van der Waals surface area (Å²) in [4.78, 5) is 4.85. The number of ether oxygens (including phenoxy) is 1. The molecule has 0 radical (unpaired) electrons. The summed E-state index contributed by atoms with van der Waals surface area (Å²) in [7, 11) is 1.71. The third-order valence-electron chi connectivity index (χ3n) is 3.97. The first-order chi connectivity index (χ1) is 10.2. The zero-order chi connectivity index (χ0) is 14.7. The van der Waals surface area contributed by atoms with E-state index in [1.807, 2.05) is 25.1 Å². The number of hydrogen-bond acceptors (Lipinski definition) is 4. The molecule has 4 heteroatoms. The van der Waals surface area contributed by atoms with Crippen LogP contribution in [0.5, 0.6) is 5.75 Å². The number of anilines is 1. The minimum absolute atomic E-state index is 0.903. The van der Waals surface area contributed by atoms with Crippen LogP contribution in [0, 0.1) is 6.92 Å². The number of furan rings is 1. The first kappa shape index (κ1) is 14.0. The van der Waals surface area contributed by atoms with Crippen molar-refractivity contribution in [3.63, 3.8) is 0 Å². The predicted octanol–water partition coefficient (Wildman–Crippen LogP) is 2.92. The summed E-state index contributed by atoms with van der Waals surface area (Å²) < 4.78 is 11.0. The fraction of sp³-hybridized carbons (Fsp3) is 0.412. The molecule has 1 aliphatic heterocycles. The second-order valence-electron chi connectivity index (χ2n) is 5.48. The molecule has 0 aliphatic carbocycles. The Hall–Kier alpha value is -1.94. The van der Waals surface area contributed by atoms with Gasteiger partial charge >= 0.3 is 0 Å². The smallest absolute Gasteiger partial charge is 0.120 e. The van der Waals surface area contributed by atoms with E-state index in [9.17, 15) is 0 Å². The largest absolute Gasteiger partial charge is 0.497 e. The predicted molar refractivity (Wildman–Crippen MR) is 83.9 cm³/mol. The minimum atomic E-state index is 0.903. The van der Waals surface area contributed by atoms with Crippen molar-refractivity contribution in [1.29, 1.82) is 0 Å². The topological polar surface area (TPSA) is 28.9 Å². The molecule has 2 aromatic rings. The van der Waals surface area contributed by atoms with Crippen LogP contribution in [0.1, 0.15) is 11.5 Å². The van der Waals surface area contributed by atoms with Crippen LogP contribution in [0.2, 0.25) is 0 Å². The van der Waals surface area contributed by atoms with Crippen LogP contribution >= 0.6 is 0 Å². The third-order valence-corrected chi connectivity index (χ3v) is 3.97. The average Bonchev–Trinajstić information content (AvgIpc) is 2.93. The molecule has 1 aromatic carbocycles. The van der Waals surface area contributed by atoms with Crippen molar-refractivity contribution in [3.8, 4) is 5.75 Å². The fourth-order valence-corrected chi connectivity index (χ4v) is 2.76. The monoisotopic (exact) mass is 286 g/mol. The number of piperazine rings is 1. The van der Waals surface area contributed by atoms with Gasteiger partial charge in [-0.2, -0.15) is 0 Å². The van der Waals surface area contributed by atoms with E-state index in [1.54, 1.807) is 7.11 Å². The molecular formula is C17H22N2O2. The van der Waals surface area contributed by atoms with E-state index in [4.69, 9.17) is 9.15 Å². The molecule has 1 fully saturated rings. The summed E-state index contributed by atoms with van der Waals surface area (Å²) in [6.07, 6.45) is 0. The van der Waals surface area contributed by atoms with Crippen LogP contribution in [0.25, 0.3) is 0 Å². The van der Waals surface area contributed by atoms with E-state index >= 15 is 0 Å². The molecule has 0 saturated carbocycles. The van der Waals surface area contributed by atoms with Crippen molar-refractivity contribution < 1.29 is 9.15 Å². The van der Waals surface area contributed by atoms with Gasteiger partial charge in [-0.05, 0) is 31.2 Å². The number of methoxy groups -OCH3 is 1. The molecule has 0 amide bonds. The van der Waals surface area contributed by atoms with Gasteiger partial charge < -0.3 is 14.1 Å². The van der Waals surface area contributed by atoms with Crippen molar-refractivity contribution in [3.05, 3.63) is 47.9 Å². The second-order valence-corrected chi connectivity index (χ2v) is 5.48. The van der Waals surface area contributed by atoms with Gasteiger partial charge in [0, 0.05) is 37.9 Å². The summed E-state index contributed by atoms with van der Waals surface area (Å²) in [6.45, 7) is 7.07. The fourth-order valence-electron chi connectivity index (χ4n) is 2.76. The Labute approximate surface area is 125 Å². The standard InChI is InChI=1S/C17H22N2O2/c1-14-6-7-17(21-14)13-18-8-10-19(11-9-18)15-4-3-5-16(12-15)20-2/h3-7,12H,8-11,13H2,1-2H3. The molecule has 0 atom stereocenters. The van der Waals surface area contributed by atoms with Crippen LogP contribution in [0.4, 0.5) is 5.69 Å². The van der Waals surface area contributed by atoms with Gasteiger partial charge in [-0.15, -0.1) is 0 Å². The number of aryl methyl sites for hydroxylation is 1. The van der Waals surface area contributed by atoms with Gasteiger partial charge in [0.05, 0.1) is 13.7 Å². The SMILES string of the molecule is COc1cccc(N2CCN(Cc3ccc(C)o3)CC2)c1. The zero-order valence-electron chi connectivity index (χ0n) is 12.7. The first-order valence-electron chi connectivity index (χ1n) is 7.41. The lowest BCUT2D eigenvalue weighted by Gasteiger charge is -2.35. The van der Waals surface area contributed by atoms with Gasteiger partial charge in [-0.1, -0.05) is 6.07 Å². The molecular weight excluding hydrogens is 264 g/mol. The lowest BCUT2D eigenvalue weighted by molar-refractivity contribution is 0.229. The molecule has 112 valence electrons. The van der Waals surface area contributed by atoms with E-state index in [1.165, 1.54) is 5.69 Å². The van der Waals surface area contributed by atoms with E-state index in [0.717, 1.165) is 50.0 Å². The highest BCUT2D eigenvalue weighted by Gasteiger charge is 2.18. The Kier molecular flexibility index (Phi) is 4.15. The number of hydrogen-bond donors (Lipinski definition) is 0. The van der Waals surface area contributed by atoms with Crippen LogP contribution in [-0.4, -0.2) is 38.2 Å². The van der Waals surface area contributed by atoms with Crippen molar-refractivity contribution in [1.82, 2.24) is 4.90 Å². The Bertz CT molecular complexity index is 586. The molecule has 0 N–H and O–H groups in total. The minimum Gasteiger partial charge on any atom is -0.497 e. The summed E-state index contributed by atoms with van der Waals surface area (Å²) in [5.74, 6) is 2.96. The maximum atomic E-state index is 5.66. The molecule has 1 aliphatic rings. The number of rotatable bonds is 4. The van der Waals surface area contributed by atoms with Crippen LogP contribution in [-0.2, 0) is 6.54 Å². The molecule has 0 bridgehead atoms. The maximum Gasteiger partial charge on any atom is 0.120 e. The van der Waals surface area contributed by atoms with Gasteiger partial charge in [-0.3, -0.25) is 4.90 Å². The van der Waals surface area contributed by atoms with E-state index < -0.39 is 0 Å². The molecule has 0 spiro atoms. The quantitative estimate of drug-likeness (QED) is 0.864. The highest BCUT2D eigenvalue weighted by atomic mass is 16.5. The molecule has 21 heavy (non-hydrogen) atoms. The van der Waals surface area contributed by atoms with Crippen LogP contribution in [0.3, 0.4) is 0 Å². The molecule has 1 saturated heterocycles. The molecule has 2 heterocycles. The molecule has 4 nitrogen and oxygen atoms in total. The summed E-state index contributed by atoms with van der Waals surface area (Å²) in [5, 5.41) is 0. The van der Waals surface area contributed by atoms with Crippen LogP contribution in [0.15, 0.2) is 40.8 Å². The Morgan fingerprint density at radius 1 is 1.10 bits per heavy atom. The number of nitrogens with zero attached hydrogens (tertiary/aromatic N) is 2. The van der Waals surface area contributed by atoms with Gasteiger partial charge in [0.2, 0.25) is 0 Å². The normalized spacial score (nSPS) is 16.2. The van der Waals surface area contributed by atoms with Crippen molar-refractivity contribution in [2.75, 3.05) is 38.2 Å². The van der Waals surface area contributed by atoms with E-state index in [-0.39, 0.29) is 0 Å². The van der Waals surface area contributed by atoms with Gasteiger partial charge in [0.15, 0.2) is 0 Å². The first-order valence-corrected chi connectivity index (χ1v) is 7.41.